The maximum atomic E-state index is 5.76. The standard InChI is InChI=1S/C15H12N4OS3/c16-10-6-8-11(9-7-10)17-13-18-14-19-15(22-23(14)21-13)20-12-4-2-1-3-5-12/h1-9H,16H2,(H,17,18). The molecule has 1 atom stereocenters. The molecule has 0 spiro atoms. The van der Waals surface area contributed by atoms with Crippen LogP contribution in [0.3, 0.4) is 0 Å². The molecule has 0 aromatic heterocycles. The number of ether oxygens (including phenoxy) is 1. The first-order valence-corrected chi connectivity index (χ1v) is 10.7. The summed E-state index contributed by atoms with van der Waals surface area (Å²) in [6.07, 6.45) is 0. The van der Waals surface area contributed by atoms with Crippen LogP contribution in [0, 0.1) is 0 Å². The molecule has 23 heavy (non-hydrogen) atoms. The van der Waals surface area contributed by atoms with E-state index in [2.05, 4.69) is 15.3 Å². The number of nitrogen functional groups attached to an aromatic ring is 1. The summed E-state index contributed by atoms with van der Waals surface area (Å²) in [5.74, 6) is 0.790. The number of hydrogen-bond acceptors (Lipinski definition) is 7. The summed E-state index contributed by atoms with van der Waals surface area (Å²) in [5, 5.41) is 5.59. The zero-order chi connectivity index (χ0) is 15.6. The van der Waals surface area contributed by atoms with E-state index < -0.39 is 0 Å². The monoisotopic (exact) mass is 360 g/mol. The molecule has 0 saturated heterocycles. The lowest BCUT2D eigenvalue weighted by molar-refractivity contribution is 0.568. The summed E-state index contributed by atoms with van der Waals surface area (Å²) >= 11 is 0. The average molecular weight is 360 g/mol. The Morgan fingerprint density at radius 2 is 1.74 bits per heavy atom. The van der Waals surface area contributed by atoms with Gasteiger partial charge in [-0.3, -0.25) is 0 Å². The molecule has 3 N–H and O–H groups in total. The van der Waals surface area contributed by atoms with Crippen LogP contribution in [0.4, 0.5) is 11.4 Å². The van der Waals surface area contributed by atoms with Crippen LogP contribution < -0.4 is 15.8 Å². The number of amidine groups is 1. The molecule has 0 bridgehead atoms. The smallest absolute Gasteiger partial charge is 0.269 e. The molecule has 2 heterocycles. The number of rotatable bonds is 2. The van der Waals surface area contributed by atoms with Crippen molar-refractivity contribution in [3.8, 4) is 5.75 Å². The first kappa shape index (κ1) is 14.7. The van der Waals surface area contributed by atoms with Crippen molar-refractivity contribution < 1.29 is 4.74 Å². The van der Waals surface area contributed by atoms with E-state index in [9.17, 15) is 0 Å². The molecule has 0 amide bonds. The lowest BCUT2D eigenvalue weighted by Gasteiger charge is -2.07. The Morgan fingerprint density at radius 3 is 2.48 bits per heavy atom. The van der Waals surface area contributed by atoms with Gasteiger partial charge in [0.25, 0.3) is 5.23 Å². The van der Waals surface area contributed by atoms with Crippen molar-refractivity contribution in [1.82, 2.24) is 0 Å². The lowest BCUT2D eigenvalue weighted by atomic mass is 10.3. The largest absolute Gasteiger partial charge is 0.433 e. The molecule has 0 aliphatic carbocycles. The molecule has 0 saturated carbocycles. The van der Waals surface area contributed by atoms with Crippen LogP contribution in [0.1, 0.15) is 0 Å². The third-order valence-corrected chi connectivity index (χ3v) is 8.33. The van der Waals surface area contributed by atoms with Crippen molar-refractivity contribution in [2.75, 3.05) is 11.1 Å². The number of hydrogen-bond donors (Lipinski definition) is 2. The van der Waals surface area contributed by atoms with Crippen LogP contribution in [-0.2, 0) is 0 Å². The summed E-state index contributed by atoms with van der Waals surface area (Å²) in [7, 11) is 3.11. The first-order chi connectivity index (χ1) is 11.3. The second-order valence-electron chi connectivity index (χ2n) is 4.64. The van der Waals surface area contributed by atoms with E-state index >= 15 is 0 Å². The Balaban J connectivity index is 1.42. The molecule has 116 valence electrons. The normalized spacial score (nSPS) is 19.1. The van der Waals surface area contributed by atoms with E-state index in [0.29, 0.717) is 5.23 Å². The molecule has 4 rings (SSSR count). The molecule has 2 aromatic carbocycles. The molecular weight excluding hydrogens is 348 g/mol. The van der Waals surface area contributed by atoms with Gasteiger partial charge in [0.15, 0.2) is 5.17 Å². The van der Waals surface area contributed by atoms with Crippen LogP contribution in [0.5, 0.6) is 5.75 Å². The third kappa shape index (κ3) is 3.39. The number of para-hydroxylation sites is 1. The fourth-order valence-electron chi connectivity index (χ4n) is 1.90. The number of nitrogens with zero attached hydrogens (tertiary/aromatic N) is 2. The molecule has 8 heteroatoms. The van der Waals surface area contributed by atoms with Gasteiger partial charge in [0.1, 0.15) is 5.75 Å². The molecule has 0 fully saturated rings. The van der Waals surface area contributed by atoms with Crippen molar-refractivity contribution >= 4 is 57.0 Å². The Kier molecular flexibility index (Phi) is 4.02. The highest BCUT2D eigenvalue weighted by Gasteiger charge is 2.27. The summed E-state index contributed by atoms with van der Waals surface area (Å²) in [5.41, 5.74) is 7.39. The number of nitrogens with two attached hydrogens (primary N) is 1. The SMILES string of the molecule is Nc1ccc(NC2=NC3=S(S2)SC(Oc2ccccc2)=N3)cc1. The minimum Gasteiger partial charge on any atom is -0.433 e. The average Bonchev–Trinajstić information content (AvgIpc) is 3.08. The van der Waals surface area contributed by atoms with Crippen LogP contribution in [0.15, 0.2) is 64.6 Å². The maximum absolute atomic E-state index is 5.76. The van der Waals surface area contributed by atoms with E-state index in [4.69, 9.17) is 10.5 Å². The summed E-state index contributed by atoms with van der Waals surface area (Å²) < 4.78 is 5.76. The predicted molar refractivity (Wildman–Crippen MR) is 104 cm³/mol. The van der Waals surface area contributed by atoms with Gasteiger partial charge in [-0.2, -0.15) is 9.98 Å². The van der Waals surface area contributed by atoms with Gasteiger partial charge in [0.05, 0.1) is 0 Å². The molecule has 5 nitrogen and oxygen atoms in total. The van der Waals surface area contributed by atoms with E-state index in [1.165, 1.54) is 0 Å². The predicted octanol–water partition coefficient (Wildman–Crippen LogP) is 4.15. The number of aliphatic imine (C=N–C) groups is 2. The molecule has 2 aliphatic rings. The van der Waals surface area contributed by atoms with Gasteiger partial charge in [-0.15, -0.1) is 0 Å². The van der Waals surface area contributed by atoms with Crippen LogP contribution in [0.25, 0.3) is 0 Å². The lowest BCUT2D eigenvalue weighted by Crippen LogP contribution is -2.07. The number of benzene rings is 2. The fraction of sp³-hybridized carbons (Fsp3) is 0. The van der Waals surface area contributed by atoms with Crippen molar-refractivity contribution in [3.63, 3.8) is 0 Å². The Bertz CT molecular complexity index is 832. The Labute approximate surface area is 143 Å². The van der Waals surface area contributed by atoms with Gasteiger partial charge >= 0.3 is 0 Å². The van der Waals surface area contributed by atoms with Gasteiger partial charge in [-0.1, -0.05) is 18.2 Å². The number of nitrogens with one attached hydrogen (secondary N) is 1. The third-order valence-electron chi connectivity index (χ3n) is 2.95. The van der Waals surface area contributed by atoms with Gasteiger partial charge in [0, 0.05) is 22.2 Å². The molecule has 0 radical (unpaired) electrons. The van der Waals surface area contributed by atoms with Crippen LogP contribution >= 0.6 is 30.1 Å². The zero-order valence-electron chi connectivity index (χ0n) is 11.8. The van der Waals surface area contributed by atoms with E-state index in [0.717, 1.165) is 27.4 Å². The highest BCUT2D eigenvalue weighted by Crippen LogP contribution is 2.53. The minimum atomic E-state index is -0.149. The van der Waals surface area contributed by atoms with Crippen molar-refractivity contribution in [1.29, 1.82) is 0 Å². The maximum Gasteiger partial charge on any atom is 0.269 e. The van der Waals surface area contributed by atoms with Crippen molar-refractivity contribution in [3.05, 3.63) is 54.6 Å². The van der Waals surface area contributed by atoms with Crippen molar-refractivity contribution in [2.24, 2.45) is 9.98 Å². The second-order valence-corrected chi connectivity index (χ2v) is 10.2. The highest BCUT2D eigenvalue weighted by atomic mass is 33.5. The van der Waals surface area contributed by atoms with Crippen LogP contribution in [0.2, 0.25) is 0 Å². The molecule has 2 aromatic rings. The Morgan fingerprint density at radius 1 is 0.957 bits per heavy atom. The van der Waals surface area contributed by atoms with Gasteiger partial charge in [0.2, 0.25) is 5.11 Å². The van der Waals surface area contributed by atoms with Gasteiger partial charge in [-0.25, -0.2) is 0 Å². The quantitative estimate of drug-likeness (QED) is 0.478. The zero-order valence-corrected chi connectivity index (χ0v) is 14.3. The van der Waals surface area contributed by atoms with E-state index in [-0.39, 0.29) is 8.55 Å². The number of anilines is 2. The van der Waals surface area contributed by atoms with Crippen LogP contribution in [-0.4, -0.2) is 15.5 Å². The summed E-state index contributed by atoms with van der Waals surface area (Å²) in [6.45, 7) is 0. The summed E-state index contributed by atoms with van der Waals surface area (Å²) in [6, 6.07) is 17.2. The second kappa shape index (κ2) is 6.31. The fourth-order valence-corrected chi connectivity index (χ4v) is 7.01. The van der Waals surface area contributed by atoms with Crippen molar-refractivity contribution in [2.45, 2.75) is 0 Å². The Hall–Kier alpha value is -1.90. The molecule has 2 aliphatic heterocycles. The summed E-state index contributed by atoms with van der Waals surface area (Å²) in [4.78, 5) is 9.01. The molecule has 1 unspecified atom stereocenters. The highest BCUT2D eigenvalue weighted by molar-refractivity contribution is 9.21. The minimum absolute atomic E-state index is 0.149. The topological polar surface area (TPSA) is 72.0 Å². The first-order valence-electron chi connectivity index (χ1n) is 6.77. The molecular formula is C15H12N4OS3. The van der Waals surface area contributed by atoms with E-state index in [1.807, 2.05) is 54.6 Å². The van der Waals surface area contributed by atoms with Gasteiger partial charge < -0.3 is 15.8 Å². The van der Waals surface area contributed by atoms with Gasteiger partial charge in [-0.05, 0) is 55.7 Å². The van der Waals surface area contributed by atoms with E-state index in [1.54, 1.807) is 21.6 Å².